The number of hydrogen-bond donors (Lipinski definition) is 0. The summed E-state index contributed by atoms with van der Waals surface area (Å²) in [5.41, 5.74) is 2.97. The number of hydrogen-bond acceptors (Lipinski definition) is 0. The summed E-state index contributed by atoms with van der Waals surface area (Å²) in [6.45, 7) is 0. The summed E-state index contributed by atoms with van der Waals surface area (Å²) in [6, 6.07) is 31.3. The van der Waals surface area contributed by atoms with Crippen molar-refractivity contribution in [1.29, 1.82) is 0 Å². The van der Waals surface area contributed by atoms with E-state index in [-0.39, 0.29) is 28.6 Å². The second-order valence-corrected chi connectivity index (χ2v) is 11.7. The summed E-state index contributed by atoms with van der Waals surface area (Å²) in [6.07, 6.45) is 10.6. The SMILES string of the molecule is C1=CC[C]([Ti+2][CH]2C(P(c3ccccc3)c3ccccc3)=Cc3ccccc32)=C1.[F-].[F-]. The fourth-order valence-corrected chi connectivity index (χ4v) is 9.63. The Morgan fingerprint density at radius 1 is 0.733 bits per heavy atom. The normalized spacial score (nSPS) is 16.1. The molecule has 0 amide bonds. The van der Waals surface area contributed by atoms with Gasteiger partial charge < -0.3 is 9.41 Å². The predicted molar refractivity (Wildman–Crippen MR) is 118 cm³/mol. The van der Waals surface area contributed by atoms with Crippen LogP contribution in [0.15, 0.2) is 112 Å². The quantitative estimate of drug-likeness (QED) is 0.384. The molecular weight excluding hydrogens is 429 g/mol. The monoisotopic (exact) mass is 450 g/mol. The molecule has 0 N–H and O–H groups in total. The fraction of sp³-hybridized carbons (Fsp3) is 0.0769. The van der Waals surface area contributed by atoms with Crippen LogP contribution in [0.25, 0.3) is 6.08 Å². The van der Waals surface area contributed by atoms with Crippen LogP contribution < -0.4 is 20.0 Å². The second kappa shape index (κ2) is 10.3. The molecule has 0 fully saturated rings. The topological polar surface area (TPSA) is 0 Å². The Kier molecular flexibility index (Phi) is 7.72. The van der Waals surface area contributed by atoms with Crippen LogP contribution in [0.5, 0.6) is 0 Å². The van der Waals surface area contributed by atoms with Gasteiger partial charge in [-0.05, 0) is 0 Å². The van der Waals surface area contributed by atoms with E-state index in [1.165, 1.54) is 16.2 Å². The molecule has 3 aromatic carbocycles. The molecule has 148 valence electrons. The molecular formula is C26H21F2PTi. The van der Waals surface area contributed by atoms with Crippen LogP contribution in [0.3, 0.4) is 0 Å². The molecule has 0 spiro atoms. The van der Waals surface area contributed by atoms with Crippen LogP contribution in [0.4, 0.5) is 0 Å². The van der Waals surface area contributed by atoms with Crippen molar-refractivity contribution in [3.05, 3.63) is 123 Å². The van der Waals surface area contributed by atoms with Gasteiger partial charge in [-0.15, -0.1) is 0 Å². The van der Waals surface area contributed by atoms with Gasteiger partial charge in [-0.1, -0.05) is 0 Å². The molecule has 0 heterocycles. The van der Waals surface area contributed by atoms with Gasteiger partial charge in [0.15, 0.2) is 0 Å². The molecule has 1 unspecified atom stereocenters. The number of halogens is 2. The largest absolute Gasteiger partial charge is 1.00 e. The van der Waals surface area contributed by atoms with Crippen LogP contribution >= 0.6 is 7.92 Å². The van der Waals surface area contributed by atoms with Gasteiger partial charge in [0.2, 0.25) is 0 Å². The summed E-state index contributed by atoms with van der Waals surface area (Å²) in [5, 5.41) is 4.55. The number of rotatable bonds is 5. The van der Waals surface area contributed by atoms with E-state index in [0.717, 1.165) is 6.42 Å². The Balaban J connectivity index is 0.00000128. The molecule has 3 aromatic rings. The molecule has 0 radical (unpaired) electrons. The summed E-state index contributed by atoms with van der Waals surface area (Å²) >= 11 is -0.246. The predicted octanol–water partition coefficient (Wildman–Crippen LogP) is 0.149. The molecule has 1 atom stereocenters. The standard InChI is InChI=1S/C21H16P.C5H5.2FH.Ti/c1-3-11-19(12-4-1)22(20-13-5-2-6-14-20)21-15-17-9-7-8-10-18(17)16-21;1-2-4-5-3-1;;;/h1-16H;1-3H,4H2;2*1H;/q;;;;+2/p-2. The van der Waals surface area contributed by atoms with Crippen molar-refractivity contribution in [2.75, 3.05) is 0 Å². The molecule has 0 saturated heterocycles. The van der Waals surface area contributed by atoms with E-state index < -0.39 is 7.92 Å². The molecule has 0 nitrogen and oxygen atoms in total. The summed E-state index contributed by atoms with van der Waals surface area (Å²) in [4.78, 5) is 0. The van der Waals surface area contributed by atoms with Crippen LogP contribution in [0, 0.1) is 0 Å². The van der Waals surface area contributed by atoms with Gasteiger partial charge in [0.1, 0.15) is 0 Å². The molecule has 4 heteroatoms. The number of allylic oxidation sites excluding steroid dienone is 5. The molecule has 2 aliphatic carbocycles. The first-order valence-corrected chi connectivity index (χ1v) is 12.8. The van der Waals surface area contributed by atoms with Crippen molar-refractivity contribution in [3.8, 4) is 0 Å². The zero-order valence-electron chi connectivity index (χ0n) is 16.4. The van der Waals surface area contributed by atoms with E-state index in [4.69, 9.17) is 0 Å². The maximum absolute atomic E-state index is 2.51. The Morgan fingerprint density at radius 3 is 1.93 bits per heavy atom. The minimum atomic E-state index is -0.513. The first-order valence-electron chi connectivity index (χ1n) is 9.73. The third-order valence-corrected chi connectivity index (χ3v) is 10.8. The van der Waals surface area contributed by atoms with Gasteiger partial charge in [0.25, 0.3) is 0 Å². The summed E-state index contributed by atoms with van der Waals surface area (Å²) in [5.74, 6) is 0. The van der Waals surface area contributed by atoms with Crippen molar-refractivity contribution in [2.24, 2.45) is 0 Å². The van der Waals surface area contributed by atoms with Crippen molar-refractivity contribution >= 4 is 24.6 Å². The maximum atomic E-state index is 2.51. The van der Waals surface area contributed by atoms with E-state index >= 15 is 0 Å². The molecule has 0 bridgehead atoms. The average Bonchev–Trinajstić information content (AvgIpc) is 3.39. The molecule has 0 saturated carbocycles. The van der Waals surface area contributed by atoms with E-state index in [2.05, 4.69) is 109 Å². The minimum absolute atomic E-state index is 0. The van der Waals surface area contributed by atoms with E-state index in [9.17, 15) is 0 Å². The second-order valence-electron chi connectivity index (χ2n) is 7.11. The first-order chi connectivity index (χ1) is 13.9. The van der Waals surface area contributed by atoms with Gasteiger partial charge in [-0.2, -0.15) is 0 Å². The zero-order valence-corrected chi connectivity index (χ0v) is 18.8. The van der Waals surface area contributed by atoms with Gasteiger partial charge >= 0.3 is 178 Å². The molecule has 0 aromatic heterocycles. The Morgan fingerprint density at radius 2 is 1.33 bits per heavy atom. The van der Waals surface area contributed by atoms with Crippen LogP contribution in [-0.4, -0.2) is 0 Å². The minimum Gasteiger partial charge on any atom is -1.00 e. The van der Waals surface area contributed by atoms with Crippen LogP contribution in [-0.2, 0) is 19.2 Å². The van der Waals surface area contributed by atoms with Crippen molar-refractivity contribution in [2.45, 2.75) is 10.6 Å². The van der Waals surface area contributed by atoms with Gasteiger partial charge in [0.05, 0.1) is 0 Å². The van der Waals surface area contributed by atoms with E-state index in [1.807, 2.05) is 0 Å². The van der Waals surface area contributed by atoms with Crippen LogP contribution in [0.2, 0.25) is 0 Å². The maximum Gasteiger partial charge on any atom is -1.00 e. The third kappa shape index (κ3) is 4.47. The number of benzene rings is 3. The van der Waals surface area contributed by atoms with Crippen LogP contribution in [0.1, 0.15) is 21.8 Å². The fourth-order valence-electron chi connectivity index (χ4n) is 3.99. The Labute approximate surface area is 186 Å². The molecule has 0 aliphatic heterocycles. The smallest absolute Gasteiger partial charge is 1.00 e. The average molecular weight is 450 g/mol. The molecule has 30 heavy (non-hydrogen) atoms. The van der Waals surface area contributed by atoms with Gasteiger partial charge in [-0.25, -0.2) is 0 Å². The van der Waals surface area contributed by atoms with Crippen molar-refractivity contribution in [3.63, 3.8) is 0 Å². The zero-order chi connectivity index (χ0) is 18.8. The van der Waals surface area contributed by atoms with Gasteiger partial charge in [-0.3, -0.25) is 0 Å². The molecule has 2 aliphatic rings. The van der Waals surface area contributed by atoms with E-state index in [0.29, 0.717) is 4.22 Å². The summed E-state index contributed by atoms with van der Waals surface area (Å²) in [7, 11) is -0.513. The molecule has 5 rings (SSSR count). The summed E-state index contributed by atoms with van der Waals surface area (Å²) < 4.78 is 2.26. The van der Waals surface area contributed by atoms with Crippen molar-refractivity contribution in [1.82, 2.24) is 0 Å². The number of fused-ring (bicyclic) bond motifs is 1. The Hall–Kier alpha value is -2.12. The first kappa shape index (κ1) is 22.6. The van der Waals surface area contributed by atoms with E-state index in [1.54, 1.807) is 14.8 Å². The Bertz CT molecular complexity index is 1030. The van der Waals surface area contributed by atoms with Gasteiger partial charge in [0, 0.05) is 0 Å². The third-order valence-electron chi connectivity index (χ3n) is 5.29. The van der Waals surface area contributed by atoms with Crippen molar-refractivity contribution < 1.29 is 28.6 Å².